The van der Waals surface area contributed by atoms with E-state index >= 15 is 0 Å². The summed E-state index contributed by atoms with van der Waals surface area (Å²) < 4.78 is 0. The van der Waals surface area contributed by atoms with Crippen molar-refractivity contribution in [2.75, 3.05) is 0 Å². The van der Waals surface area contributed by atoms with Gasteiger partial charge in [0.05, 0.1) is 5.54 Å². The van der Waals surface area contributed by atoms with Gasteiger partial charge < -0.3 is 0 Å². The van der Waals surface area contributed by atoms with Crippen molar-refractivity contribution in [3.05, 3.63) is 35.9 Å². The lowest BCUT2D eigenvalue weighted by atomic mass is 9.83. The van der Waals surface area contributed by atoms with Crippen LogP contribution in [0.3, 0.4) is 0 Å². The Balaban J connectivity index is 2.29. The minimum Gasteiger partial charge on any atom is -0.291 e. The van der Waals surface area contributed by atoms with Crippen molar-refractivity contribution < 1.29 is 0 Å². The lowest BCUT2D eigenvalue weighted by Gasteiger charge is -2.25. The third-order valence-electron chi connectivity index (χ3n) is 2.82. The molecular formula is C12H15N. The largest absolute Gasteiger partial charge is 0.291 e. The Bertz CT molecular complexity index is 311. The van der Waals surface area contributed by atoms with Crippen LogP contribution in [0.4, 0.5) is 0 Å². The van der Waals surface area contributed by atoms with Gasteiger partial charge in [0.15, 0.2) is 0 Å². The molecule has 1 nitrogen and oxygen atoms in total. The van der Waals surface area contributed by atoms with Gasteiger partial charge in [0.1, 0.15) is 0 Å². The van der Waals surface area contributed by atoms with Crippen molar-refractivity contribution >= 4 is 6.21 Å². The number of hydrogen-bond donors (Lipinski definition) is 0. The molecule has 1 aromatic carbocycles. The molecule has 0 amide bonds. The molecular weight excluding hydrogens is 158 g/mol. The predicted octanol–water partition coefficient (Wildman–Crippen LogP) is 3.02. The summed E-state index contributed by atoms with van der Waals surface area (Å²) in [6.07, 6.45) is 3.13. The molecule has 1 heteroatoms. The minimum absolute atomic E-state index is 0.0847. The van der Waals surface area contributed by atoms with Gasteiger partial charge in [-0.25, -0.2) is 0 Å². The van der Waals surface area contributed by atoms with Gasteiger partial charge in [-0.05, 0) is 25.8 Å². The van der Waals surface area contributed by atoms with Crippen molar-refractivity contribution in [1.29, 1.82) is 0 Å². The van der Waals surface area contributed by atoms with Crippen LogP contribution in [0.1, 0.15) is 31.7 Å². The predicted molar refractivity (Wildman–Crippen MR) is 56.4 cm³/mol. The van der Waals surface area contributed by atoms with Crippen LogP contribution in [-0.2, 0) is 0 Å². The molecule has 1 aliphatic heterocycles. The molecule has 68 valence electrons. The summed E-state index contributed by atoms with van der Waals surface area (Å²) >= 11 is 0. The van der Waals surface area contributed by atoms with Crippen LogP contribution in [0, 0.1) is 0 Å². The molecule has 0 spiro atoms. The van der Waals surface area contributed by atoms with E-state index in [1.165, 1.54) is 5.56 Å². The highest BCUT2D eigenvalue weighted by atomic mass is 14.9. The molecule has 0 saturated heterocycles. The van der Waals surface area contributed by atoms with Crippen LogP contribution in [0.25, 0.3) is 0 Å². The zero-order valence-corrected chi connectivity index (χ0v) is 8.20. The number of rotatable bonds is 1. The van der Waals surface area contributed by atoms with Gasteiger partial charge in [0.25, 0.3) is 0 Å². The van der Waals surface area contributed by atoms with E-state index in [9.17, 15) is 0 Å². The first-order valence-electron chi connectivity index (χ1n) is 4.79. The normalized spacial score (nSPS) is 24.9. The van der Waals surface area contributed by atoms with Crippen LogP contribution in [0.15, 0.2) is 35.3 Å². The minimum atomic E-state index is 0.0847. The Hall–Kier alpha value is -1.11. The van der Waals surface area contributed by atoms with E-state index in [0.29, 0.717) is 5.92 Å². The molecule has 2 rings (SSSR count). The van der Waals surface area contributed by atoms with Crippen LogP contribution in [0.5, 0.6) is 0 Å². The van der Waals surface area contributed by atoms with E-state index in [-0.39, 0.29) is 5.54 Å². The van der Waals surface area contributed by atoms with Gasteiger partial charge >= 0.3 is 0 Å². The average Bonchev–Trinajstić information content (AvgIpc) is 2.47. The lowest BCUT2D eigenvalue weighted by molar-refractivity contribution is 0.452. The molecule has 1 atom stereocenters. The van der Waals surface area contributed by atoms with Crippen LogP contribution in [0.2, 0.25) is 0 Å². The highest BCUT2D eigenvalue weighted by Gasteiger charge is 2.32. The van der Waals surface area contributed by atoms with E-state index in [1.54, 1.807) is 0 Å². The van der Waals surface area contributed by atoms with Crippen molar-refractivity contribution in [1.82, 2.24) is 0 Å². The first-order chi connectivity index (χ1) is 6.20. The monoisotopic (exact) mass is 173 g/mol. The van der Waals surface area contributed by atoms with E-state index in [1.807, 2.05) is 0 Å². The molecule has 0 aromatic heterocycles. The Morgan fingerprint density at radius 2 is 1.92 bits per heavy atom. The summed E-state index contributed by atoms with van der Waals surface area (Å²) in [5, 5.41) is 0. The van der Waals surface area contributed by atoms with E-state index in [2.05, 4.69) is 55.4 Å². The zero-order valence-electron chi connectivity index (χ0n) is 8.20. The average molecular weight is 173 g/mol. The van der Waals surface area contributed by atoms with Gasteiger partial charge in [0, 0.05) is 12.1 Å². The van der Waals surface area contributed by atoms with Crippen molar-refractivity contribution in [2.45, 2.75) is 31.7 Å². The molecule has 1 unspecified atom stereocenters. The molecule has 1 aromatic rings. The first kappa shape index (κ1) is 8.49. The Kier molecular flexibility index (Phi) is 1.95. The third-order valence-corrected chi connectivity index (χ3v) is 2.82. The summed E-state index contributed by atoms with van der Waals surface area (Å²) in [4.78, 5) is 4.50. The van der Waals surface area contributed by atoms with Gasteiger partial charge in [0.2, 0.25) is 0 Å². The fourth-order valence-electron chi connectivity index (χ4n) is 2.00. The quantitative estimate of drug-likeness (QED) is 0.619. The fraction of sp³-hybridized carbons (Fsp3) is 0.417. The van der Waals surface area contributed by atoms with Gasteiger partial charge in [-0.2, -0.15) is 0 Å². The standard InChI is InChI=1S/C12H15N/c1-12(2)11(8-9-13-12)10-6-4-3-5-7-10/h3-7,9,11H,8H2,1-2H3. The lowest BCUT2D eigenvalue weighted by Crippen LogP contribution is -2.22. The summed E-state index contributed by atoms with van der Waals surface area (Å²) in [5.74, 6) is 0.564. The van der Waals surface area contributed by atoms with Crippen molar-refractivity contribution in [3.63, 3.8) is 0 Å². The fourth-order valence-corrected chi connectivity index (χ4v) is 2.00. The highest BCUT2D eigenvalue weighted by molar-refractivity contribution is 5.63. The number of aliphatic imine (C=N–C) groups is 1. The van der Waals surface area contributed by atoms with Crippen molar-refractivity contribution in [2.24, 2.45) is 4.99 Å². The topological polar surface area (TPSA) is 12.4 Å². The zero-order chi connectivity index (χ0) is 9.31. The molecule has 13 heavy (non-hydrogen) atoms. The van der Waals surface area contributed by atoms with Gasteiger partial charge in [-0.15, -0.1) is 0 Å². The molecule has 1 heterocycles. The smallest absolute Gasteiger partial charge is 0.0619 e. The molecule has 0 saturated carbocycles. The van der Waals surface area contributed by atoms with Crippen molar-refractivity contribution in [3.8, 4) is 0 Å². The summed E-state index contributed by atoms with van der Waals surface area (Å²) in [5.41, 5.74) is 1.49. The summed E-state index contributed by atoms with van der Waals surface area (Å²) in [7, 11) is 0. The third kappa shape index (κ3) is 1.51. The number of benzene rings is 1. The van der Waals surface area contributed by atoms with Gasteiger partial charge in [-0.3, -0.25) is 4.99 Å². The molecule has 0 N–H and O–H groups in total. The van der Waals surface area contributed by atoms with Crippen LogP contribution in [-0.4, -0.2) is 11.8 Å². The second kappa shape index (κ2) is 2.99. The van der Waals surface area contributed by atoms with E-state index < -0.39 is 0 Å². The molecule has 1 aliphatic rings. The molecule has 0 radical (unpaired) electrons. The maximum Gasteiger partial charge on any atom is 0.0619 e. The van der Waals surface area contributed by atoms with E-state index in [4.69, 9.17) is 0 Å². The summed E-state index contributed by atoms with van der Waals surface area (Å²) in [6.45, 7) is 4.41. The number of hydrogen-bond acceptors (Lipinski definition) is 1. The Morgan fingerprint density at radius 1 is 1.23 bits per heavy atom. The summed E-state index contributed by atoms with van der Waals surface area (Å²) in [6, 6.07) is 10.7. The van der Waals surface area contributed by atoms with Crippen LogP contribution < -0.4 is 0 Å². The number of nitrogens with zero attached hydrogens (tertiary/aromatic N) is 1. The first-order valence-corrected chi connectivity index (χ1v) is 4.79. The Morgan fingerprint density at radius 3 is 2.46 bits per heavy atom. The molecule has 0 aliphatic carbocycles. The molecule has 0 fully saturated rings. The van der Waals surface area contributed by atoms with Gasteiger partial charge in [-0.1, -0.05) is 30.3 Å². The molecule has 0 bridgehead atoms. The maximum atomic E-state index is 4.50. The van der Waals surface area contributed by atoms with E-state index in [0.717, 1.165) is 6.42 Å². The SMILES string of the molecule is CC1(C)N=CCC1c1ccccc1. The highest BCUT2D eigenvalue weighted by Crippen LogP contribution is 2.37. The van der Waals surface area contributed by atoms with Crippen LogP contribution >= 0.6 is 0 Å². The second-order valence-electron chi connectivity index (χ2n) is 4.16. The maximum absolute atomic E-state index is 4.50. The Labute approximate surface area is 79.5 Å². The second-order valence-corrected chi connectivity index (χ2v) is 4.16.